The predicted molar refractivity (Wildman–Crippen MR) is 76.9 cm³/mol. The molecule has 1 atom stereocenters. The highest BCUT2D eigenvalue weighted by Crippen LogP contribution is 2.13. The van der Waals surface area contributed by atoms with Gasteiger partial charge in [0.15, 0.2) is 0 Å². The Labute approximate surface area is 127 Å². The van der Waals surface area contributed by atoms with Crippen LogP contribution < -0.4 is 5.32 Å². The molecule has 1 fully saturated rings. The topological polar surface area (TPSA) is 95.9 Å². The third-order valence-electron chi connectivity index (χ3n) is 3.33. The summed E-state index contributed by atoms with van der Waals surface area (Å²) < 4.78 is 5.14. The van der Waals surface area contributed by atoms with Gasteiger partial charge in [-0.1, -0.05) is 30.3 Å². The van der Waals surface area contributed by atoms with Crippen LogP contribution in [0.1, 0.15) is 12.0 Å². The van der Waals surface area contributed by atoms with Crippen LogP contribution in [0.2, 0.25) is 0 Å². The number of carboxylic acid groups (broad SMARTS) is 1. The van der Waals surface area contributed by atoms with E-state index in [0.29, 0.717) is 6.54 Å². The molecule has 22 heavy (non-hydrogen) atoms. The summed E-state index contributed by atoms with van der Waals surface area (Å²) in [5.41, 5.74) is 0.918. The summed E-state index contributed by atoms with van der Waals surface area (Å²) in [6.07, 6.45) is -0.161. The lowest BCUT2D eigenvalue weighted by Gasteiger charge is -2.34. The minimum absolute atomic E-state index is 0.0258. The fourth-order valence-corrected chi connectivity index (χ4v) is 2.21. The average Bonchev–Trinajstić information content (AvgIpc) is 2.50. The molecule has 1 heterocycles. The normalized spacial score (nSPS) is 18.1. The number of nitrogens with zero attached hydrogens (tertiary/aromatic N) is 1. The number of hydrogen-bond donors (Lipinski definition) is 2. The van der Waals surface area contributed by atoms with Crippen LogP contribution in [-0.4, -0.2) is 53.6 Å². The van der Waals surface area contributed by atoms with Gasteiger partial charge in [0.1, 0.15) is 12.6 Å². The van der Waals surface area contributed by atoms with Crippen LogP contribution in [-0.2, 0) is 25.7 Å². The molecule has 0 saturated carbocycles. The van der Waals surface area contributed by atoms with Crippen LogP contribution >= 0.6 is 0 Å². The van der Waals surface area contributed by atoms with E-state index in [0.717, 1.165) is 5.56 Å². The SMILES string of the molecule is O=C(O)CCNC(=O)[C@H]1COCC(=O)N1Cc1ccccc1. The fraction of sp³-hybridized carbons (Fsp3) is 0.400. The Morgan fingerprint density at radius 2 is 2.05 bits per heavy atom. The molecule has 0 aliphatic carbocycles. The highest BCUT2D eigenvalue weighted by Gasteiger charge is 2.33. The first kappa shape index (κ1) is 16.0. The van der Waals surface area contributed by atoms with Crippen molar-refractivity contribution in [2.75, 3.05) is 19.8 Å². The Kier molecular flexibility index (Phi) is 5.48. The van der Waals surface area contributed by atoms with E-state index < -0.39 is 17.9 Å². The molecule has 2 amide bonds. The second-order valence-corrected chi connectivity index (χ2v) is 4.97. The highest BCUT2D eigenvalue weighted by molar-refractivity contribution is 5.89. The Morgan fingerprint density at radius 3 is 2.73 bits per heavy atom. The molecule has 0 aromatic heterocycles. The zero-order chi connectivity index (χ0) is 15.9. The summed E-state index contributed by atoms with van der Waals surface area (Å²) in [5.74, 6) is -1.64. The Balaban J connectivity index is 2.01. The molecular formula is C15H18N2O5. The van der Waals surface area contributed by atoms with Gasteiger partial charge in [0.05, 0.1) is 13.0 Å². The van der Waals surface area contributed by atoms with Gasteiger partial charge in [-0.25, -0.2) is 0 Å². The summed E-state index contributed by atoms with van der Waals surface area (Å²) >= 11 is 0. The zero-order valence-corrected chi connectivity index (χ0v) is 12.0. The third kappa shape index (κ3) is 4.29. The van der Waals surface area contributed by atoms with Crippen LogP contribution in [0.25, 0.3) is 0 Å². The molecule has 7 heteroatoms. The second-order valence-electron chi connectivity index (χ2n) is 4.97. The van der Waals surface area contributed by atoms with Gasteiger partial charge in [0.2, 0.25) is 11.8 Å². The Morgan fingerprint density at radius 1 is 1.32 bits per heavy atom. The standard InChI is InChI=1S/C15H18N2O5/c18-13-10-22-9-12(15(21)16-7-6-14(19)20)17(13)8-11-4-2-1-3-5-11/h1-5,12H,6-10H2,(H,16,21)(H,19,20)/t12-/m1/s1. The van der Waals surface area contributed by atoms with Crippen molar-refractivity contribution in [3.63, 3.8) is 0 Å². The van der Waals surface area contributed by atoms with Gasteiger partial charge in [-0.15, -0.1) is 0 Å². The van der Waals surface area contributed by atoms with Gasteiger partial charge >= 0.3 is 5.97 Å². The van der Waals surface area contributed by atoms with Gasteiger partial charge in [-0.2, -0.15) is 0 Å². The minimum atomic E-state index is -0.989. The number of rotatable bonds is 6. The summed E-state index contributed by atoms with van der Waals surface area (Å²) in [7, 11) is 0. The van der Waals surface area contributed by atoms with Crippen LogP contribution in [0.5, 0.6) is 0 Å². The van der Waals surface area contributed by atoms with Crippen molar-refractivity contribution in [1.29, 1.82) is 0 Å². The van der Waals surface area contributed by atoms with E-state index in [9.17, 15) is 14.4 Å². The zero-order valence-electron chi connectivity index (χ0n) is 12.0. The van der Waals surface area contributed by atoms with Crippen molar-refractivity contribution in [2.24, 2.45) is 0 Å². The maximum absolute atomic E-state index is 12.1. The van der Waals surface area contributed by atoms with E-state index in [1.807, 2.05) is 30.3 Å². The van der Waals surface area contributed by atoms with E-state index in [-0.39, 0.29) is 32.1 Å². The van der Waals surface area contributed by atoms with E-state index in [4.69, 9.17) is 9.84 Å². The van der Waals surface area contributed by atoms with Gasteiger partial charge < -0.3 is 20.1 Å². The molecule has 1 aliphatic heterocycles. The number of nitrogens with one attached hydrogen (secondary N) is 1. The number of carbonyl (C=O) groups excluding carboxylic acids is 2. The highest BCUT2D eigenvalue weighted by atomic mass is 16.5. The first-order chi connectivity index (χ1) is 10.6. The molecule has 0 spiro atoms. The lowest BCUT2D eigenvalue weighted by atomic mass is 10.1. The van der Waals surface area contributed by atoms with E-state index >= 15 is 0 Å². The van der Waals surface area contributed by atoms with Crippen LogP contribution in [0.4, 0.5) is 0 Å². The van der Waals surface area contributed by atoms with Gasteiger partial charge in [-0.05, 0) is 5.56 Å². The Bertz CT molecular complexity index is 546. The number of amides is 2. The first-order valence-electron chi connectivity index (χ1n) is 6.98. The lowest BCUT2D eigenvalue weighted by molar-refractivity contribution is -0.155. The molecule has 1 aliphatic rings. The molecule has 0 unspecified atom stereocenters. The molecular weight excluding hydrogens is 288 g/mol. The van der Waals surface area contributed by atoms with Crippen LogP contribution in [0, 0.1) is 0 Å². The number of morpholine rings is 1. The van der Waals surface area contributed by atoms with E-state index in [2.05, 4.69) is 5.32 Å². The number of aliphatic carboxylic acids is 1. The molecule has 1 saturated heterocycles. The molecule has 0 radical (unpaired) electrons. The second kappa shape index (κ2) is 7.56. The Hall–Kier alpha value is -2.41. The largest absolute Gasteiger partial charge is 0.481 e. The van der Waals surface area contributed by atoms with Crippen LogP contribution in [0.15, 0.2) is 30.3 Å². The quantitative estimate of drug-likeness (QED) is 0.771. The minimum Gasteiger partial charge on any atom is -0.481 e. The molecule has 1 aromatic rings. The molecule has 0 bridgehead atoms. The van der Waals surface area contributed by atoms with Gasteiger partial charge in [0.25, 0.3) is 0 Å². The van der Waals surface area contributed by atoms with Crippen molar-refractivity contribution in [1.82, 2.24) is 10.2 Å². The monoisotopic (exact) mass is 306 g/mol. The summed E-state index contributed by atoms with van der Waals surface area (Å²) in [6.45, 7) is 0.404. The summed E-state index contributed by atoms with van der Waals surface area (Å²) in [5, 5.41) is 11.1. The van der Waals surface area contributed by atoms with Gasteiger partial charge in [-0.3, -0.25) is 14.4 Å². The number of ether oxygens (including phenoxy) is 1. The molecule has 2 rings (SSSR count). The molecule has 1 aromatic carbocycles. The number of carboxylic acids is 1. The maximum Gasteiger partial charge on any atom is 0.305 e. The summed E-state index contributed by atoms with van der Waals surface area (Å²) in [6, 6.07) is 8.62. The van der Waals surface area contributed by atoms with Gasteiger partial charge in [0, 0.05) is 13.1 Å². The smallest absolute Gasteiger partial charge is 0.305 e. The van der Waals surface area contributed by atoms with E-state index in [1.165, 1.54) is 4.90 Å². The van der Waals surface area contributed by atoms with E-state index in [1.54, 1.807) is 0 Å². The van der Waals surface area contributed by atoms with Crippen molar-refractivity contribution in [2.45, 2.75) is 19.0 Å². The number of benzene rings is 1. The average molecular weight is 306 g/mol. The predicted octanol–water partition coefficient (Wildman–Crippen LogP) is 0.00490. The fourth-order valence-electron chi connectivity index (χ4n) is 2.21. The van der Waals surface area contributed by atoms with Crippen molar-refractivity contribution in [3.05, 3.63) is 35.9 Å². The molecule has 7 nitrogen and oxygen atoms in total. The first-order valence-corrected chi connectivity index (χ1v) is 6.98. The van der Waals surface area contributed by atoms with Crippen LogP contribution in [0.3, 0.4) is 0 Å². The third-order valence-corrected chi connectivity index (χ3v) is 3.33. The summed E-state index contributed by atoms with van der Waals surface area (Å²) in [4.78, 5) is 36.1. The molecule has 118 valence electrons. The lowest BCUT2D eigenvalue weighted by Crippen LogP contribution is -2.56. The maximum atomic E-state index is 12.1. The number of carbonyl (C=O) groups is 3. The van der Waals surface area contributed by atoms with Crippen molar-refractivity contribution < 1.29 is 24.2 Å². The number of hydrogen-bond acceptors (Lipinski definition) is 4. The van der Waals surface area contributed by atoms with Crippen molar-refractivity contribution >= 4 is 17.8 Å². The molecule has 2 N–H and O–H groups in total. The van der Waals surface area contributed by atoms with Crippen molar-refractivity contribution in [3.8, 4) is 0 Å².